The summed E-state index contributed by atoms with van der Waals surface area (Å²) >= 11 is 3.42. The van der Waals surface area contributed by atoms with Crippen LogP contribution in [0.2, 0.25) is 0 Å². The van der Waals surface area contributed by atoms with E-state index in [-0.39, 0.29) is 18.6 Å². The number of halogens is 1. The van der Waals surface area contributed by atoms with E-state index < -0.39 is 0 Å². The molecule has 3 aromatic rings. The van der Waals surface area contributed by atoms with Crippen molar-refractivity contribution in [3.8, 4) is 17.1 Å². The summed E-state index contributed by atoms with van der Waals surface area (Å²) in [5, 5.41) is 16.0. The molecule has 0 aliphatic carbocycles. The van der Waals surface area contributed by atoms with Crippen LogP contribution in [0.1, 0.15) is 19.4 Å². The van der Waals surface area contributed by atoms with Gasteiger partial charge in [-0.3, -0.25) is 4.79 Å². The summed E-state index contributed by atoms with van der Waals surface area (Å²) in [5.74, 6) is 0.776. The highest BCUT2D eigenvalue weighted by Crippen LogP contribution is 2.22. The van der Waals surface area contributed by atoms with Gasteiger partial charge in [-0.1, -0.05) is 46.3 Å². The molecule has 144 valence electrons. The summed E-state index contributed by atoms with van der Waals surface area (Å²) in [6.45, 7) is 3.80. The van der Waals surface area contributed by atoms with E-state index >= 15 is 0 Å². The number of ether oxygens (including phenoxy) is 1. The Hall–Kier alpha value is -3.07. The van der Waals surface area contributed by atoms with Crippen molar-refractivity contribution in [2.24, 2.45) is 5.10 Å². The molecule has 3 rings (SSSR count). The largest absolute Gasteiger partial charge is 0.490 e. The topological polar surface area (TPSA) is 94.3 Å². The van der Waals surface area contributed by atoms with Crippen molar-refractivity contribution in [2.75, 3.05) is 0 Å². The molecule has 0 unspecified atom stereocenters. The van der Waals surface area contributed by atoms with Crippen molar-refractivity contribution in [3.63, 3.8) is 0 Å². The standard InChI is InChI=1S/C19H19BrN6O2/c1-13(2)28-17-9-8-16(20)10-15(17)11-21-22-18(27)12-26-24-19(23-25-26)14-6-4-3-5-7-14/h3-11,13H,12H2,1-2H3,(H,22,27). The van der Waals surface area contributed by atoms with Crippen LogP contribution in [-0.2, 0) is 11.3 Å². The molecule has 0 saturated heterocycles. The molecule has 0 aliphatic heterocycles. The van der Waals surface area contributed by atoms with Gasteiger partial charge < -0.3 is 4.74 Å². The summed E-state index contributed by atoms with van der Waals surface area (Å²) in [6.07, 6.45) is 1.56. The van der Waals surface area contributed by atoms with E-state index in [0.717, 1.165) is 15.6 Å². The molecule has 0 fully saturated rings. The number of benzene rings is 2. The molecular weight excluding hydrogens is 424 g/mol. The van der Waals surface area contributed by atoms with Gasteiger partial charge in [-0.2, -0.15) is 9.90 Å². The maximum absolute atomic E-state index is 12.1. The predicted octanol–water partition coefficient (Wildman–Crippen LogP) is 3.04. The number of rotatable bonds is 7. The number of hydrazone groups is 1. The van der Waals surface area contributed by atoms with Crippen LogP contribution in [-0.4, -0.2) is 38.4 Å². The molecule has 0 saturated carbocycles. The summed E-state index contributed by atoms with van der Waals surface area (Å²) in [5.41, 5.74) is 4.04. The Morgan fingerprint density at radius 1 is 1.29 bits per heavy atom. The van der Waals surface area contributed by atoms with Crippen LogP contribution in [0.5, 0.6) is 5.75 Å². The SMILES string of the molecule is CC(C)Oc1ccc(Br)cc1C=NNC(=O)Cn1nnc(-c2ccccc2)n1. The molecule has 9 heteroatoms. The molecule has 2 aromatic carbocycles. The fourth-order valence-corrected chi connectivity index (χ4v) is 2.71. The summed E-state index contributed by atoms with van der Waals surface area (Å²) in [6, 6.07) is 15.0. The molecule has 0 atom stereocenters. The highest BCUT2D eigenvalue weighted by molar-refractivity contribution is 9.10. The molecule has 28 heavy (non-hydrogen) atoms. The van der Waals surface area contributed by atoms with Gasteiger partial charge in [0.2, 0.25) is 5.82 Å². The van der Waals surface area contributed by atoms with E-state index in [1.165, 1.54) is 11.0 Å². The molecule has 0 aliphatic rings. The lowest BCUT2D eigenvalue weighted by atomic mass is 10.2. The number of aromatic nitrogens is 4. The van der Waals surface area contributed by atoms with Gasteiger partial charge in [0.1, 0.15) is 12.3 Å². The van der Waals surface area contributed by atoms with Crippen molar-refractivity contribution in [2.45, 2.75) is 26.5 Å². The maximum Gasteiger partial charge on any atom is 0.263 e. The number of hydrogen-bond donors (Lipinski definition) is 1. The van der Waals surface area contributed by atoms with E-state index in [1.807, 2.05) is 62.4 Å². The van der Waals surface area contributed by atoms with Gasteiger partial charge in [-0.15, -0.1) is 10.2 Å². The van der Waals surface area contributed by atoms with Crippen LogP contribution in [0.15, 0.2) is 58.1 Å². The second-order valence-corrected chi connectivity index (χ2v) is 7.07. The first-order valence-corrected chi connectivity index (χ1v) is 9.42. The summed E-state index contributed by atoms with van der Waals surface area (Å²) < 4.78 is 6.63. The highest BCUT2D eigenvalue weighted by atomic mass is 79.9. The number of tetrazole rings is 1. The quantitative estimate of drug-likeness (QED) is 0.448. The van der Waals surface area contributed by atoms with Crippen LogP contribution in [0, 0.1) is 0 Å². The zero-order chi connectivity index (χ0) is 19.9. The Bertz CT molecular complexity index is 972. The Labute approximate surface area is 170 Å². The minimum atomic E-state index is -0.366. The van der Waals surface area contributed by atoms with Crippen LogP contribution in [0.25, 0.3) is 11.4 Å². The van der Waals surface area contributed by atoms with Gasteiger partial charge in [-0.05, 0) is 37.3 Å². The zero-order valence-corrected chi connectivity index (χ0v) is 17.0. The third-order valence-electron chi connectivity index (χ3n) is 3.50. The first-order chi connectivity index (χ1) is 13.5. The number of carbonyl (C=O) groups is 1. The van der Waals surface area contributed by atoms with Crippen molar-refractivity contribution < 1.29 is 9.53 Å². The van der Waals surface area contributed by atoms with Gasteiger partial charge >= 0.3 is 0 Å². The number of hydrogen-bond acceptors (Lipinski definition) is 6. The number of amides is 1. The van der Waals surface area contributed by atoms with E-state index in [4.69, 9.17) is 4.74 Å². The van der Waals surface area contributed by atoms with Gasteiger partial charge in [0.05, 0.1) is 12.3 Å². The minimum absolute atomic E-state index is 0.0279. The Morgan fingerprint density at radius 3 is 2.82 bits per heavy atom. The first kappa shape index (κ1) is 19.7. The zero-order valence-electron chi connectivity index (χ0n) is 15.4. The number of carbonyl (C=O) groups excluding carboxylic acids is 1. The predicted molar refractivity (Wildman–Crippen MR) is 109 cm³/mol. The smallest absolute Gasteiger partial charge is 0.263 e. The van der Waals surface area contributed by atoms with Gasteiger partial charge in [0, 0.05) is 15.6 Å². The highest BCUT2D eigenvalue weighted by Gasteiger charge is 2.09. The summed E-state index contributed by atoms with van der Waals surface area (Å²) in [4.78, 5) is 13.3. The van der Waals surface area contributed by atoms with Crippen molar-refractivity contribution in [1.82, 2.24) is 25.6 Å². The van der Waals surface area contributed by atoms with Gasteiger partial charge in [0.25, 0.3) is 5.91 Å². The third kappa shape index (κ3) is 5.46. The molecule has 8 nitrogen and oxygen atoms in total. The van der Waals surface area contributed by atoms with Crippen LogP contribution >= 0.6 is 15.9 Å². The normalized spacial score (nSPS) is 11.1. The Morgan fingerprint density at radius 2 is 2.07 bits per heavy atom. The maximum atomic E-state index is 12.1. The number of nitrogens with zero attached hydrogens (tertiary/aromatic N) is 5. The number of nitrogens with one attached hydrogen (secondary N) is 1. The minimum Gasteiger partial charge on any atom is -0.490 e. The van der Waals surface area contributed by atoms with E-state index in [1.54, 1.807) is 0 Å². The average molecular weight is 443 g/mol. The van der Waals surface area contributed by atoms with Crippen LogP contribution in [0.4, 0.5) is 0 Å². The Kier molecular flexibility index (Phi) is 6.49. The van der Waals surface area contributed by atoms with Crippen molar-refractivity contribution in [1.29, 1.82) is 0 Å². The Balaban J connectivity index is 1.60. The van der Waals surface area contributed by atoms with E-state index in [0.29, 0.717) is 11.6 Å². The van der Waals surface area contributed by atoms with Crippen LogP contribution < -0.4 is 10.2 Å². The van der Waals surface area contributed by atoms with E-state index in [2.05, 4.69) is 41.9 Å². The fraction of sp³-hybridized carbons (Fsp3) is 0.211. The second-order valence-electron chi connectivity index (χ2n) is 6.15. The van der Waals surface area contributed by atoms with E-state index in [9.17, 15) is 4.79 Å². The molecule has 1 aromatic heterocycles. The van der Waals surface area contributed by atoms with Crippen molar-refractivity contribution >= 4 is 28.1 Å². The summed E-state index contributed by atoms with van der Waals surface area (Å²) in [7, 11) is 0. The fourth-order valence-electron chi connectivity index (χ4n) is 2.33. The van der Waals surface area contributed by atoms with Crippen LogP contribution in [0.3, 0.4) is 0 Å². The van der Waals surface area contributed by atoms with Crippen molar-refractivity contribution in [3.05, 3.63) is 58.6 Å². The first-order valence-electron chi connectivity index (χ1n) is 8.62. The lowest BCUT2D eigenvalue weighted by molar-refractivity contribution is -0.122. The molecule has 0 radical (unpaired) electrons. The molecule has 1 N–H and O–H groups in total. The monoisotopic (exact) mass is 442 g/mol. The lowest BCUT2D eigenvalue weighted by Crippen LogP contribution is -2.24. The average Bonchev–Trinajstić information content (AvgIpc) is 3.12. The molecule has 1 heterocycles. The molecule has 0 spiro atoms. The molecule has 1 amide bonds. The lowest BCUT2D eigenvalue weighted by Gasteiger charge is -2.12. The molecular formula is C19H19BrN6O2. The second kappa shape index (κ2) is 9.23. The molecule has 0 bridgehead atoms. The van der Waals surface area contributed by atoms with Gasteiger partial charge in [0.15, 0.2) is 0 Å². The third-order valence-corrected chi connectivity index (χ3v) is 3.99. The van der Waals surface area contributed by atoms with Gasteiger partial charge in [-0.25, -0.2) is 5.43 Å².